The molecule has 2 heterocycles. The first-order chi connectivity index (χ1) is 28.6. The van der Waals surface area contributed by atoms with Crippen molar-refractivity contribution in [3.8, 4) is 33.6 Å². The first-order valence-electron chi connectivity index (χ1n) is 19.9. The molecule has 2 aromatic heterocycles. The van der Waals surface area contributed by atoms with Crippen molar-refractivity contribution in [2.45, 2.75) is 58.5 Å². The fraction of sp³-hybridized carbons (Fsp3) is 0.170. The van der Waals surface area contributed by atoms with Crippen LogP contribution in [0.5, 0.6) is 0 Å². The summed E-state index contributed by atoms with van der Waals surface area (Å²) in [6.07, 6.45) is -4.59. The molecule has 7 aromatic carbocycles. The molecule has 0 amide bonds. The minimum atomic E-state index is -4.59. The number of benzene rings is 7. The van der Waals surface area contributed by atoms with E-state index in [-0.39, 0.29) is 16.5 Å². The van der Waals surface area contributed by atoms with Crippen molar-refractivity contribution >= 4 is 55.0 Å². The highest BCUT2D eigenvalue weighted by Crippen LogP contribution is 2.45. The highest BCUT2D eigenvalue weighted by atomic mass is 19.4. The fourth-order valence-corrected chi connectivity index (χ4v) is 8.55. The van der Waals surface area contributed by atoms with Crippen molar-refractivity contribution in [1.82, 2.24) is 9.13 Å². The van der Waals surface area contributed by atoms with Crippen molar-refractivity contribution in [3.05, 3.63) is 179 Å². The van der Waals surface area contributed by atoms with Crippen LogP contribution in [0.3, 0.4) is 0 Å². The van der Waals surface area contributed by atoms with Crippen LogP contribution in [0, 0.1) is 13.1 Å². The van der Waals surface area contributed by atoms with Gasteiger partial charge in [-0.25, -0.2) is 9.69 Å². The van der Waals surface area contributed by atoms with Gasteiger partial charge in [0.2, 0.25) is 0 Å². The molecular weight excluding hydrogens is 750 g/mol. The second-order valence-electron chi connectivity index (χ2n) is 17.6. The van der Waals surface area contributed by atoms with Crippen LogP contribution < -0.4 is 0 Å². The van der Waals surface area contributed by atoms with Crippen molar-refractivity contribution in [1.29, 1.82) is 0 Å². The van der Waals surface area contributed by atoms with Gasteiger partial charge in [-0.05, 0) is 111 Å². The molecule has 0 aliphatic heterocycles. The third-order valence-electron chi connectivity index (χ3n) is 11.7. The Hall–Kier alpha value is -7.09. The Bertz CT molecular complexity index is 3300. The molecule has 0 fully saturated rings. The molecule has 0 aliphatic carbocycles. The van der Waals surface area contributed by atoms with E-state index in [1.807, 2.05) is 54.6 Å². The van der Waals surface area contributed by atoms with Crippen molar-refractivity contribution in [2.75, 3.05) is 0 Å². The van der Waals surface area contributed by atoms with E-state index in [0.29, 0.717) is 27.9 Å². The van der Waals surface area contributed by atoms with Crippen molar-refractivity contribution in [2.24, 2.45) is 0 Å². The largest absolute Gasteiger partial charge is 0.415 e. The van der Waals surface area contributed by atoms with E-state index < -0.39 is 11.7 Å². The standard InChI is InChI=1S/C53H41F3N4/c1-51(2,3)33-19-25-48-42(28-33)38-13-9-11-15-46(38)59(48)36-21-23-44(57-7)40(31-36)41-27-32(37-22-18-35(53(54,55)56)30-45(37)58-8)17-24-49(41)60-47-16-12-10-14-39(47)43-29-34(52(4,5)6)20-26-50(43)60/h9-31H,1-6H3. The summed E-state index contributed by atoms with van der Waals surface area (Å²) in [5.74, 6) is 0. The SMILES string of the molecule is [C-]#[N+]c1cc(C(F)(F)F)ccc1-c1ccc(-n2c3ccccc3c3cc(C(C)(C)C)ccc32)c(-c2cc(-n3c4ccccc4c4cc(C(C)(C)C)ccc43)ccc2[N+]#[C-])c1. The maximum atomic E-state index is 13.8. The average molecular weight is 791 g/mol. The van der Waals surface area contributed by atoms with E-state index in [1.165, 1.54) is 17.2 Å². The molecule has 0 spiro atoms. The summed E-state index contributed by atoms with van der Waals surface area (Å²) in [5, 5.41) is 4.41. The molecule has 0 radical (unpaired) electrons. The van der Waals surface area contributed by atoms with Crippen LogP contribution in [0.15, 0.2) is 140 Å². The highest BCUT2D eigenvalue weighted by Gasteiger charge is 2.31. The number of aromatic nitrogens is 2. The lowest BCUT2D eigenvalue weighted by Gasteiger charge is -2.20. The zero-order chi connectivity index (χ0) is 42.3. The van der Waals surface area contributed by atoms with Crippen LogP contribution in [0.1, 0.15) is 58.2 Å². The van der Waals surface area contributed by atoms with Crippen LogP contribution in [0.25, 0.3) is 86.9 Å². The van der Waals surface area contributed by atoms with Gasteiger partial charge in [-0.3, -0.25) is 0 Å². The minimum absolute atomic E-state index is 0.0510. The molecule has 0 unspecified atom stereocenters. The number of hydrogen-bond acceptors (Lipinski definition) is 0. The maximum absolute atomic E-state index is 13.8. The molecule has 9 aromatic rings. The Morgan fingerprint density at radius 1 is 0.433 bits per heavy atom. The Labute approximate surface area is 347 Å². The van der Waals surface area contributed by atoms with Crippen LogP contribution >= 0.6 is 0 Å². The van der Waals surface area contributed by atoms with Crippen LogP contribution in [0.2, 0.25) is 0 Å². The molecule has 0 saturated heterocycles. The third-order valence-corrected chi connectivity index (χ3v) is 11.7. The summed E-state index contributed by atoms with van der Waals surface area (Å²) >= 11 is 0. The van der Waals surface area contributed by atoms with Gasteiger partial charge in [0, 0.05) is 32.8 Å². The minimum Gasteiger partial charge on any atom is -0.309 e. The third kappa shape index (κ3) is 6.30. The van der Waals surface area contributed by atoms with Gasteiger partial charge in [-0.15, -0.1) is 0 Å². The number of nitrogens with zero attached hydrogens (tertiary/aromatic N) is 4. The first-order valence-corrected chi connectivity index (χ1v) is 19.9. The zero-order valence-corrected chi connectivity index (χ0v) is 34.2. The molecule has 60 heavy (non-hydrogen) atoms. The second-order valence-corrected chi connectivity index (χ2v) is 17.6. The summed E-state index contributed by atoms with van der Waals surface area (Å²) < 4.78 is 46.0. The molecule has 0 bridgehead atoms. The lowest BCUT2D eigenvalue weighted by molar-refractivity contribution is -0.137. The molecule has 0 aliphatic rings. The van der Waals surface area contributed by atoms with Crippen LogP contribution in [-0.2, 0) is 17.0 Å². The van der Waals surface area contributed by atoms with E-state index in [2.05, 4.69) is 127 Å². The molecule has 9 rings (SSSR count). The van der Waals surface area contributed by atoms with Crippen molar-refractivity contribution in [3.63, 3.8) is 0 Å². The number of para-hydroxylation sites is 2. The number of halogens is 3. The number of rotatable bonds is 4. The zero-order valence-electron chi connectivity index (χ0n) is 34.2. The van der Waals surface area contributed by atoms with Gasteiger partial charge < -0.3 is 9.13 Å². The molecule has 4 nitrogen and oxygen atoms in total. The summed E-state index contributed by atoms with van der Waals surface area (Å²) in [7, 11) is 0. The maximum Gasteiger partial charge on any atom is 0.415 e. The normalized spacial score (nSPS) is 12.4. The van der Waals surface area contributed by atoms with Gasteiger partial charge in [0.05, 0.1) is 40.9 Å². The van der Waals surface area contributed by atoms with E-state index in [9.17, 15) is 13.2 Å². The Morgan fingerprint density at radius 2 is 0.967 bits per heavy atom. The number of hydrogen-bond donors (Lipinski definition) is 0. The quantitative estimate of drug-likeness (QED) is 0.158. The predicted molar refractivity (Wildman–Crippen MR) is 241 cm³/mol. The Kier molecular flexibility index (Phi) is 8.81. The Balaban J connectivity index is 1.36. The second kappa shape index (κ2) is 13.8. The van der Waals surface area contributed by atoms with Crippen LogP contribution in [0.4, 0.5) is 24.5 Å². The van der Waals surface area contributed by atoms with E-state index in [4.69, 9.17) is 13.1 Å². The summed E-state index contributed by atoms with van der Waals surface area (Å²) in [4.78, 5) is 7.61. The molecule has 294 valence electrons. The topological polar surface area (TPSA) is 18.6 Å². The van der Waals surface area contributed by atoms with Crippen LogP contribution in [-0.4, -0.2) is 9.13 Å². The average Bonchev–Trinajstić information content (AvgIpc) is 3.74. The van der Waals surface area contributed by atoms with Gasteiger partial charge in [-0.1, -0.05) is 114 Å². The van der Waals surface area contributed by atoms with Gasteiger partial charge in [0.15, 0.2) is 11.4 Å². The van der Waals surface area contributed by atoms with Gasteiger partial charge in [0.25, 0.3) is 0 Å². The number of alkyl halides is 3. The fourth-order valence-electron chi connectivity index (χ4n) is 8.55. The smallest absolute Gasteiger partial charge is 0.309 e. The monoisotopic (exact) mass is 790 g/mol. The lowest BCUT2D eigenvalue weighted by atomic mass is 9.86. The predicted octanol–water partition coefficient (Wildman–Crippen LogP) is 15.9. The first kappa shape index (κ1) is 38.4. The lowest BCUT2D eigenvalue weighted by Crippen LogP contribution is -2.10. The molecule has 0 N–H and O–H groups in total. The van der Waals surface area contributed by atoms with Gasteiger partial charge in [-0.2, -0.15) is 13.2 Å². The molecule has 0 saturated carbocycles. The number of fused-ring (bicyclic) bond motifs is 6. The van der Waals surface area contributed by atoms with Gasteiger partial charge >= 0.3 is 6.18 Å². The van der Waals surface area contributed by atoms with E-state index >= 15 is 0 Å². The van der Waals surface area contributed by atoms with Gasteiger partial charge in [0.1, 0.15) is 0 Å². The summed E-state index contributed by atoms with van der Waals surface area (Å²) in [6.45, 7) is 29.6. The van der Waals surface area contributed by atoms with Crippen molar-refractivity contribution < 1.29 is 13.2 Å². The van der Waals surface area contributed by atoms with E-state index in [1.54, 1.807) is 0 Å². The summed E-state index contributed by atoms with van der Waals surface area (Å²) in [6, 6.07) is 44.7. The Morgan fingerprint density at radius 3 is 1.53 bits per heavy atom. The molecular formula is C53H41F3N4. The van der Waals surface area contributed by atoms with E-state index in [0.717, 1.165) is 67.1 Å². The molecule has 7 heteroatoms. The molecule has 0 atom stereocenters. The highest BCUT2D eigenvalue weighted by molar-refractivity contribution is 6.11. The summed E-state index contributed by atoms with van der Waals surface area (Å²) in [5.41, 5.74) is 9.70.